The fraction of sp³-hybridized carbons (Fsp3) is 0.353. The highest BCUT2D eigenvalue weighted by Gasteiger charge is 2.08. The summed E-state index contributed by atoms with van der Waals surface area (Å²) in [7, 11) is 0. The molecule has 1 aromatic carbocycles. The number of carboxylic acid groups (broad SMARTS) is 1. The van der Waals surface area contributed by atoms with Gasteiger partial charge in [-0.2, -0.15) is 5.26 Å². The van der Waals surface area contributed by atoms with Gasteiger partial charge >= 0.3 is 5.97 Å². The zero-order valence-electron chi connectivity index (χ0n) is 13.4. The van der Waals surface area contributed by atoms with Gasteiger partial charge in [0.2, 0.25) is 0 Å². The van der Waals surface area contributed by atoms with Crippen LogP contribution in [-0.4, -0.2) is 23.5 Å². The van der Waals surface area contributed by atoms with Gasteiger partial charge in [0.05, 0.1) is 0 Å². The number of hydrogen-bond donors (Lipinski definition) is 3. The molecule has 0 aliphatic rings. The Morgan fingerprint density at radius 2 is 2.08 bits per heavy atom. The smallest absolute Gasteiger partial charge is 0.303 e. The molecule has 7 heteroatoms. The second kappa shape index (κ2) is 10.3. The molecule has 0 unspecified atom stereocenters. The SMILES string of the molecule is Cc1c(Cl)cccc1N/C=C(/C#N)C(=O)NCCCCCC(=O)O. The molecule has 0 fully saturated rings. The second-order valence-corrected chi connectivity index (χ2v) is 5.59. The summed E-state index contributed by atoms with van der Waals surface area (Å²) in [6.07, 6.45) is 3.41. The number of carboxylic acids is 1. The van der Waals surface area contributed by atoms with E-state index in [0.29, 0.717) is 30.8 Å². The van der Waals surface area contributed by atoms with Crippen LogP contribution in [0.4, 0.5) is 5.69 Å². The summed E-state index contributed by atoms with van der Waals surface area (Å²) in [6, 6.07) is 7.18. The standard InChI is InChI=1S/C17H20ClN3O3/c1-12-14(18)6-5-7-15(12)21-11-13(10-19)17(24)20-9-4-2-3-8-16(22)23/h5-7,11,21H,2-4,8-9H2,1H3,(H,20,24)(H,22,23)/b13-11-. The molecule has 24 heavy (non-hydrogen) atoms. The quantitative estimate of drug-likeness (QED) is 0.361. The van der Waals surface area contributed by atoms with Gasteiger partial charge in [0, 0.05) is 29.9 Å². The van der Waals surface area contributed by atoms with Gasteiger partial charge in [0.15, 0.2) is 0 Å². The van der Waals surface area contributed by atoms with Crippen molar-refractivity contribution in [2.24, 2.45) is 0 Å². The Kier molecular flexibility index (Phi) is 8.37. The van der Waals surface area contributed by atoms with E-state index < -0.39 is 11.9 Å². The lowest BCUT2D eigenvalue weighted by Crippen LogP contribution is -2.26. The fourth-order valence-electron chi connectivity index (χ4n) is 1.94. The minimum absolute atomic E-state index is 0.0417. The zero-order valence-corrected chi connectivity index (χ0v) is 14.2. The highest BCUT2D eigenvalue weighted by Crippen LogP contribution is 2.23. The van der Waals surface area contributed by atoms with Gasteiger partial charge in [-0.15, -0.1) is 0 Å². The van der Waals surface area contributed by atoms with Crippen molar-refractivity contribution < 1.29 is 14.7 Å². The van der Waals surface area contributed by atoms with E-state index in [0.717, 1.165) is 11.3 Å². The first-order valence-electron chi connectivity index (χ1n) is 7.57. The van der Waals surface area contributed by atoms with Crippen molar-refractivity contribution >= 4 is 29.2 Å². The maximum absolute atomic E-state index is 11.9. The molecule has 0 saturated carbocycles. The first-order valence-corrected chi connectivity index (χ1v) is 7.95. The fourth-order valence-corrected chi connectivity index (χ4v) is 2.11. The number of unbranched alkanes of at least 4 members (excludes halogenated alkanes) is 2. The number of halogens is 1. The number of aliphatic carboxylic acids is 1. The average Bonchev–Trinajstić information content (AvgIpc) is 2.54. The zero-order chi connectivity index (χ0) is 17.9. The summed E-state index contributed by atoms with van der Waals surface area (Å²) >= 11 is 6.01. The molecule has 1 amide bonds. The predicted molar refractivity (Wildman–Crippen MR) is 92.6 cm³/mol. The molecule has 0 bridgehead atoms. The third kappa shape index (κ3) is 6.71. The summed E-state index contributed by atoms with van der Waals surface area (Å²) in [5, 5.41) is 23.8. The van der Waals surface area contributed by atoms with E-state index in [4.69, 9.17) is 22.0 Å². The molecule has 128 valence electrons. The van der Waals surface area contributed by atoms with Crippen molar-refractivity contribution in [3.63, 3.8) is 0 Å². The molecule has 0 spiro atoms. The molecular formula is C17H20ClN3O3. The second-order valence-electron chi connectivity index (χ2n) is 5.19. The Morgan fingerprint density at radius 1 is 1.33 bits per heavy atom. The molecule has 0 heterocycles. The van der Waals surface area contributed by atoms with E-state index in [9.17, 15) is 9.59 Å². The number of carbonyl (C=O) groups is 2. The molecule has 0 aromatic heterocycles. The summed E-state index contributed by atoms with van der Waals surface area (Å²) in [5.41, 5.74) is 1.50. The minimum atomic E-state index is -0.823. The van der Waals surface area contributed by atoms with Gasteiger partial charge in [0.25, 0.3) is 5.91 Å². The van der Waals surface area contributed by atoms with E-state index in [1.807, 2.05) is 13.0 Å². The normalized spacial score (nSPS) is 10.8. The Labute approximate surface area is 146 Å². The highest BCUT2D eigenvalue weighted by atomic mass is 35.5. The number of anilines is 1. The van der Waals surface area contributed by atoms with Crippen LogP contribution >= 0.6 is 11.6 Å². The Hall–Kier alpha value is -2.52. The van der Waals surface area contributed by atoms with Gasteiger partial charge in [-0.05, 0) is 37.5 Å². The molecular weight excluding hydrogens is 330 g/mol. The number of carbonyl (C=O) groups excluding carboxylic acids is 1. The van der Waals surface area contributed by atoms with Crippen LogP contribution in [0.5, 0.6) is 0 Å². The molecule has 1 aromatic rings. The molecule has 0 aliphatic heterocycles. The van der Waals surface area contributed by atoms with Crippen molar-refractivity contribution in [1.29, 1.82) is 5.26 Å². The number of amides is 1. The van der Waals surface area contributed by atoms with Crippen molar-refractivity contribution in [2.75, 3.05) is 11.9 Å². The van der Waals surface area contributed by atoms with Crippen LogP contribution in [0.25, 0.3) is 0 Å². The van der Waals surface area contributed by atoms with Crippen LogP contribution < -0.4 is 10.6 Å². The Balaban J connectivity index is 2.47. The van der Waals surface area contributed by atoms with Crippen molar-refractivity contribution in [3.05, 3.63) is 40.6 Å². The lowest BCUT2D eigenvalue weighted by atomic mass is 10.2. The highest BCUT2D eigenvalue weighted by molar-refractivity contribution is 6.31. The number of benzene rings is 1. The number of rotatable bonds is 9. The molecule has 1 rings (SSSR count). The molecule has 0 saturated heterocycles. The van der Waals surface area contributed by atoms with Gasteiger partial charge in [-0.1, -0.05) is 24.1 Å². The van der Waals surface area contributed by atoms with Crippen LogP contribution in [0.1, 0.15) is 31.2 Å². The largest absolute Gasteiger partial charge is 0.481 e. The summed E-state index contributed by atoms with van der Waals surface area (Å²) in [6.45, 7) is 2.23. The van der Waals surface area contributed by atoms with E-state index in [1.54, 1.807) is 18.2 Å². The van der Waals surface area contributed by atoms with Crippen LogP contribution in [-0.2, 0) is 9.59 Å². The number of hydrogen-bond acceptors (Lipinski definition) is 4. The lowest BCUT2D eigenvalue weighted by Gasteiger charge is -2.08. The Morgan fingerprint density at radius 3 is 2.75 bits per heavy atom. The predicted octanol–water partition coefficient (Wildman–Crippen LogP) is 3.23. The number of nitrogens with zero attached hydrogens (tertiary/aromatic N) is 1. The van der Waals surface area contributed by atoms with Crippen LogP contribution in [0.15, 0.2) is 30.0 Å². The molecule has 3 N–H and O–H groups in total. The van der Waals surface area contributed by atoms with Gasteiger partial charge in [0.1, 0.15) is 11.6 Å². The van der Waals surface area contributed by atoms with Gasteiger partial charge in [-0.3, -0.25) is 9.59 Å². The number of nitriles is 1. The topological polar surface area (TPSA) is 102 Å². The number of nitrogens with one attached hydrogen (secondary N) is 2. The third-order valence-corrected chi connectivity index (χ3v) is 3.77. The molecule has 0 atom stereocenters. The average molecular weight is 350 g/mol. The van der Waals surface area contributed by atoms with Gasteiger partial charge < -0.3 is 15.7 Å². The maximum atomic E-state index is 11.9. The molecule has 0 aliphatic carbocycles. The first kappa shape index (κ1) is 19.5. The van der Waals surface area contributed by atoms with Crippen LogP contribution in [0.3, 0.4) is 0 Å². The molecule has 6 nitrogen and oxygen atoms in total. The van der Waals surface area contributed by atoms with Gasteiger partial charge in [-0.25, -0.2) is 0 Å². The van der Waals surface area contributed by atoms with Crippen LogP contribution in [0.2, 0.25) is 5.02 Å². The monoisotopic (exact) mass is 349 g/mol. The van der Waals surface area contributed by atoms with Crippen LogP contribution in [0, 0.1) is 18.3 Å². The van der Waals surface area contributed by atoms with E-state index in [1.165, 1.54) is 6.20 Å². The van der Waals surface area contributed by atoms with Crippen molar-refractivity contribution in [2.45, 2.75) is 32.6 Å². The van der Waals surface area contributed by atoms with E-state index >= 15 is 0 Å². The lowest BCUT2D eigenvalue weighted by molar-refractivity contribution is -0.137. The van der Waals surface area contributed by atoms with Crippen molar-refractivity contribution in [1.82, 2.24) is 5.32 Å². The van der Waals surface area contributed by atoms with Crippen molar-refractivity contribution in [3.8, 4) is 6.07 Å². The molecule has 0 radical (unpaired) electrons. The summed E-state index contributed by atoms with van der Waals surface area (Å²) < 4.78 is 0. The summed E-state index contributed by atoms with van der Waals surface area (Å²) in [5.74, 6) is -1.29. The van der Waals surface area contributed by atoms with E-state index in [2.05, 4.69) is 10.6 Å². The first-order chi connectivity index (χ1) is 11.5. The van der Waals surface area contributed by atoms with E-state index in [-0.39, 0.29) is 12.0 Å². The Bertz CT molecular complexity index is 666. The third-order valence-electron chi connectivity index (χ3n) is 3.36. The minimum Gasteiger partial charge on any atom is -0.481 e. The summed E-state index contributed by atoms with van der Waals surface area (Å²) in [4.78, 5) is 22.3. The maximum Gasteiger partial charge on any atom is 0.303 e.